The van der Waals surface area contributed by atoms with E-state index in [2.05, 4.69) is 0 Å². The predicted molar refractivity (Wildman–Crippen MR) is 41.5 cm³/mol. The molecule has 0 radical (unpaired) electrons. The van der Waals surface area contributed by atoms with Crippen LogP contribution in [0.15, 0.2) is 24.3 Å². The minimum Gasteiger partial charge on any atom is -0.299 e. The average molecular weight is 168 g/mol. The van der Waals surface area contributed by atoms with E-state index in [1.165, 1.54) is 18.2 Å². The Morgan fingerprint density at radius 1 is 1.17 bits per heavy atom. The summed E-state index contributed by atoms with van der Waals surface area (Å²) in [5, 5.41) is 0. The van der Waals surface area contributed by atoms with E-state index < -0.39 is 11.6 Å². The topological polar surface area (TPSA) is 17.1 Å². The number of allylic oxidation sites excluding steroid dienone is 1. The Hall–Kier alpha value is -1.51. The molecule has 1 aromatic carbocycles. The largest absolute Gasteiger partial charge is 0.299 e. The SMILES string of the molecule is O=C/C=C\c1ccc(F)c(F)c1. The molecule has 0 aliphatic heterocycles. The minimum atomic E-state index is -0.914. The van der Waals surface area contributed by atoms with Crippen LogP contribution >= 0.6 is 0 Å². The van der Waals surface area contributed by atoms with Gasteiger partial charge in [0.05, 0.1) is 0 Å². The van der Waals surface area contributed by atoms with Gasteiger partial charge in [0.2, 0.25) is 0 Å². The van der Waals surface area contributed by atoms with Crippen LogP contribution in [0.4, 0.5) is 8.78 Å². The summed E-state index contributed by atoms with van der Waals surface area (Å²) in [6, 6.07) is 3.42. The molecule has 62 valence electrons. The van der Waals surface area contributed by atoms with E-state index in [1.807, 2.05) is 0 Å². The minimum absolute atomic E-state index is 0.459. The van der Waals surface area contributed by atoms with Crippen molar-refractivity contribution in [1.82, 2.24) is 0 Å². The molecule has 0 fully saturated rings. The van der Waals surface area contributed by atoms with Gasteiger partial charge in [-0.05, 0) is 23.8 Å². The number of aldehydes is 1. The molecular weight excluding hydrogens is 162 g/mol. The van der Waals surface area contributed by atoms with E-state index in [9.17, 15) is 13.6 Å². The van der Waals surface area contributed by atoms with Gasteiger partial charge in [-0.1, -0.05) is 12.1 Å². The Kier molecular flexibility index (Phi) is 2.69. The molecule has 0 aliphatic carbocycles. The Morgan fingerprint density at radius 2 is 1.92 bits per heavy atom. The molecule has 0 spiro atoms. The van der Waals surface area contributed by atoms with Crippen LogP contribution in [0.5, 0.6) is 0 Å². The smallest absolute Gasteiger partial charge is 0.159 e. The molecule has 0 bridgehead atoms. The van der Waals surface area contributed by atoms with Gasteiger partial charge in [-0.2, -0.15) is 0 Å². The molecular formula is C9H6F2O. The van der Waals surface area contributed by atoms with Crippen molar-refractivity contribution < 1.29 is 13.6 Å². The molecule has 0 atom stereocenters. The van der Waals surface area contributed by atoms with E-state index in [0.29, 0.717) is 11.8 Å². The highest BCUT2D eigenvalue weighted by molar-refractivity contribution is 5.73. The van der Waals surface area contributed by atoms with Crippen molar-refractivity contribution >= 4 is 12.4 Å². The van der Waals surface area contributed by atoms with Crippen molar-refractivity contribution in [3.8, 4) is 0 Å². The van der Waals surface area contributed by atoms with Gasteiger partial charge in [0.1, 0.15) is 6.29 Å². The second-order valence-electron chi connectivity index (χ2n) is 2.17. The summed E-state index contributed by atoms with van der Waals surface area (Å²) in [6.07, 6.45) is 3.18. The lowest BCUT2D eigenvalue weighted by molar-refractivity contribution is -0.104. The van der Waals surface area contributed by atoms with Gasteiger partial charge < -0.3 is 0 Å². The second kappa shape index (κ2) is 3.76. The summed E-state index contributed by atoms with van der Waals surface area (Å²) < 4.78 is 24.9. The zero-order valence-corrected chi connectivity index (χ0v) is 6.13. The van der Waals surface area contributed by atoms with Crippen molar-refractivity contribution in [2.45, 2.75) is 0 Å². The molecule has 0 aromatic heterocycles. The molecule has 3 heteroatoms. The van der Waals surface area contributed by atoms with E-state index in [1.54, 1.807) is 0 Å². The van der Waals surface area contributed by atoms with Crippen LogP contribution in [0.25, 0.3) is 6.08 Å². The highest BCUT2D eigenvalue weighted by atomic mass is 19.2. The second-order valence-corrected chi connectivity index (χ2v) is 2.17. The van der Waals surface area contributed by atoms with Gasteiger partial charge in [0.15, 0.2) is 11.6 Å². The van der Waals surface area contributed by atoms with Crippen LogP contribution in [-0.2, 0) is 4.79 Å². The van der Waals surface area contributed by atoms with E-state index in [4.69, 9.17) is 0 Å². The molecule has 0 aliphatic rings. The first-order valence-corrected chi connectivity index (χ1v) is 3.31. The number of rotatable bonds is 2. The fourth-order valence-electron chi connectivity index (χ4n) is 0.766. The molecule has 12 heavy (non-hydrogen) atoms. The molecule has 0 saturated carbocycles. The first kappa shape index (κ1) is 8.59. The number of halogens is 2. The van der Waals surface area contributed by atoms with Gasteiger partial charge in [0.25, 0.3) is 0 Å². The number of carbonyl (C=O) groups is 1. The quantitative estimate of drug-likeness (QED) is 0.488. The molecule has 0 heterocycles. The van der Waals surface area contributed by atoms with Gasteiger partial charge in [-0.3, -0.25) is 4.79 Å². The monoisotopic (exact) mass is 168 g/mol. The Morgan fingerprint density at radius 3 is 2.50 bits per heavy atom. The summed E-state index contributed by atoms with van der Waals surface area (Å²) in [5.41, 5.74) is 0.459. The predicted octanol–water partition coefficient (Wildman–Crippen LogP) is 2.18. The molecule has 1 rings (SSSR count). The highest BCUT2D eigenvalue weighted by Crippen LogP contribution is 2.09. The molecule has 0 unspecified atom stereocenters. The zero-order chi connectivity index (χ0) is 8.97. The number of hydrogen-bond acceptors (Lipinski definition) is 1. The fraction of sp³-hybridized carbons (Fsp3) is 0. The van der Waals surface area contributed by atoms with Crippen molar-refractivity contribution in [1.29, 1.82) is 0 Å². The third kappa shape index (κ3) is 1.99. The van der Waals surface area contributed by atoms with Gasteiger partial charge >= 0.3 is 0 Å². The van der Waals surface area contributed by atoms with Gasteiger partial charge in [-0.15, -0.1) is 0 Å². The summed E-state index contributed by atoms with van der Waals surface area (Å²) in [7, 11) is 0. The zero-order valence-electron chi connectivity index (χ0n) is 6.13. The van der Waals surface area contributed by atoms with Crippen LogP contribution in [-0.4, -0.2) is 6.29 Å². The van der Waals surface area contributed by atoms with Crippen LogP contribution in [0.2, 0.25) is 0 Å². The summed E-state index contributed by atoms with van der Waals surface area (Å²) in [6.45, 7) is 0. The Labute approximate surface area is 68.3 Å². The molecule has 1 nitrogen and oxygen atoms in total. The van der Waals surface area contributed by atoms with Crippen molar-refractivity contribution in [2.24, 2.45) is 0 Å². The van der Waals surface area contributed by atoms with E-state index >= 15 is 0 Å². The molecule has 1 aromatic rings. The lowest BCUT2D eigenvalue weighted by atomic mass is 10.2. The maximum absolute atomic E-state index is 12.5. The summed E-state index contributed by atoms with van der Waals surface area (Å²) in [4.78, 5) is 9.88. The summed E-state index contributed by atoms with van der Waals surface area (Å²) >= 11 is 0. The lowest BCUT2D eigenvalue weighted by Crippen LogP contribution is -1.83. The van der Waals surface area contributed by atoms with Gasteiger partial charge in [0, 0.05) is 0 Å². The summed E-state index contributed by atoms with van der Waals surface area (Å²) in [5.74, 6) is -1.80. The molecule has 0 N–H and O–H groups in total. The number of benzene rings is 1. The van der Waals surface area contributed by atoms with Crippen molar-refractivity contribution in [3.05, 3.63) is 41.5 Å². The number of hydrogen-bond donors (Lipinski definition) is 0. The normalized spacial score (nSPS) is 10.5. The Bertz CT molecular complexity index is 318. The molecule has 0 amide bonds. The first-order valence-electron chi connectivity index (χ1n) is 3.31. The Balaban J connectivity index is 2.96. The van der Waals surface area contributed by atoms with Gasteiger partial charge in [-0.25, -0.2) is 8.78 Å². The molecule has 0 saturated heterocycles. The van der Waals surface area contributed by atoms with Crippen molar-refractivity contribution in [2.75, 3.05) is 0 Å². The van der Waals surface area contributed by atoms with Crippen LogP contribution in [0, 0.1) is 11.6 Å². The van der Waals surface area contributed by atoms with Crippen LogP contribution in [0.1, 0.15) is 5.56 Å². The fourth-order valence-corrected chi connectivity index (χ4v) is 0.766. The lowest BCUT2D eigenvalue weighted by Gasteiger charge is -1.93. The van der Waals surface area contributed by atoms with Crippen LogP contribution < -0.4 is 0 Å². The first-order chi connectivity index (χ1) is 5.74. The third-order valence-corrected chi connectivity index (χ3v) is 1.31. The standard InChI is InChI=1S/C9H6F2O/c10-8-4-3-7(2-1-5-12)6-9(8)11/h1-6H/b2-1-. The third-order valence-electron chi connectivity index (χ3n) is 1.31. The van der Waals surface area contributed by atoms with E-state index in [0.717, 1.165) is 12.1 Å². The maximum atomic E-state index is 12.5. The average Bonchev–Trinajstić information content (AvgIpc) is 2.07. The van der Waals surface area contributed by atoms with Crippen molar-refractivity contribution in [3.63, 3.8) is 0 Å². The maximum Gasteiger partial charge on any atom is 0.159 e. The number of carbonyl (C=O) groups excluding carboxylic acids is 1. The van der Waals surface area contributed by atoms with Crippen LogP contribution in [0.3, 0.4) is 0 Å². The highest BCUT2D eigenvalue weighted by Gasteiger charge is 1.99. The van der Waals surface area contributed by atoms with E-state index in [-0.39, 0.29) is 0 Å².